The van der Waals surface area contributed by atoms with Crippen LogP contribution in [0.5, 0.6) is 0 Å². The van der Waals surface area contributed by atoms with Gasteiger partial charge in [0.2, 0.25) is 0 Å². The van der Waals surface area contributed by atoms with Crippen LogP contribution in [-0.2, 0) is 11.3 Å². The lowest BCUT2D eigenvalue weighted by Crippen LogP contribution is -2.44. The van der Waals surface area contributed by atoms with Crippen molar-refractivity contribution in [2.75, 3.05) is 18.0 Å². The molecule has 1 aromatic carbocycles. The topological polar surface area (TPSA) is 52.6 Å². The summed E-state index contributed by atoms with van der Waals surface area (Å²) < 4.78 is 0. The quantitative estimate of drug-likeness (QED) is 0.603. The Balaban J connectivity index is 1.52. The summed E-state index contributed by atoms with van der Waals surface area (Å²) in [7, 11) is 0. The van der Waals surface area contributed by atoms with Crippen LogP contribution in [0.15, 0.2) is 41.8 Å². The average molecular weight is 394 g/mol. The number of nitrogens with one attached hydrogen (secondary N) is 1. The molecule has 1 aliphatic heterocycles. The number of urea groups is 1. The lowest BCUT2D eigenvalue weighted by atomic mass is 9.98. The number of amides is 3. The molecule has 28 heavy (non-hydrogen) atoms. The molecule has 2 heterocycles. The van der Waals surface area contributed by atoms with E-state index in [-0.39, 0.29) is 11.9 Å². The highest BCUT2D eigenvalue weighted by Crippen LogP contribution is 2.35. The molecule has 144 valence electrons. The number of hydrogen-bond donors (Lipinski definition) is 1. The Morgan fingerprint density at radius 1 is 1.21 bits per heavy atom. The zero-order valence-corrected chi connectivity index (χ0v) is 16.5. The molecule has 1 spiro atoms. The summed E-state index contributed by atoms with van der Waals surface area (Å²) in [6.07, 6.45) is 9.03. The Labute approximate surface area is 169 Å². The lowest BCUT2D eigenvalue weighted by Gasteiger charge is -2.27. The van der Waals surface area contributed by atoms with Gasteiger partial charge in [0.15, 0.2) is 0 Å². The number of terminal acetylenes is 1. The van der Waals surface area contributed by atoms with Gasteiger partial charge < -0.3 is 10.2 Å². The van der Waals surface area contributed by atoms with Crippen molar-refractivity contribution in [2.24, 2.45) is 0 Å². The van der Waals surface area contributed by atoms with Crippen LogP contribution < -0.4 is 10.2 Å². The third-order valence-electron chi connectivity index (χ3n) is 5.60. The van der Waals surface area contributed by atoms with Crippen LogP contribution in [0.2, 0.25) is 0 Å². The van der Waals surface area contributed by atoms with Crippen molar-refractivity contribution in [1.29, 1.82) is 0 Å². The van der Waals surface area contributed by atoms with E-state index in [9.17, 15) is 9.59 Å². The first-order valence-corrected chi connectivity index (χ1v) is 10.5. The van der Waals surface area contributed by atoms with E-state index < -0.39 is 5.54 Å². The number of imide groups is 1. The van der Waals surface area contributed by atoms with Gasteiger partial charge in [0.1, 0.15) is 5.54 Å². The molecule has 0 bridgehead atoms. The molecule has 2 aliphatic rings. The fourth-order valence-electron chi connectivity index (χ4n) is 4.10. The highest BCUT2D eigenvalue weighted by atomic mass is 32.1. The summed E-state index contributed by atoms with van der Waals surface area (Å²) in [5.41, 5.74) is 1.15. The second kappa shape index (κ2) is 7.69. The van der Waals surface area contributed by atoms with E-state index in [1.54, 1.807) is 11.3 Å². The van der Waals surface area contributed by atoms with Crippen molar-refractivity contribution < 1.29 is 9.59 Å². The highest BCUT2D eigenvalue weighted by Gasteiger charge is 2.52. The van der Waals surface area contributed by atoms with Crippen LogP contribution in [0, 0.1) is 12.3 Å². The first kappa shape index (κ1) is 18.6. The molecule has 1 N–H and O–H groups in total. The number of anilines is 1. The Bertz CT molecular complexity index is 910. The van der Waals surface area contributed by atoms with Gasteiger partial charge in [-0.05, 0) is 42.5 Å². The van der Waals surface area contributed by atoms with Crippen molar-refractivity contribution in [1.82, 2.24) is 10.2 Å². The van der Waals surface area contributed by atoms with Gasteiger partial charge >= 0.3 is 6.03 Å². The Kier molecular flexibility index (Phi) is 5.10. The zero-order chi connectivity index (χ0) is 19.6. The standard InChI is InChI=1S/C22H23N3O2S/c1-2-17-7-5-8-18(15-17)24(16-19-9-6-14-28-19)12-13-25-20(26)22(23-21(25)27)10-3-4-11-22/h1,5-9,14-15H,3-4,10-13,16H2,(H,23,27). The minimum atomic E-state index is -0.654. The van der Waals surface area contributed by atoms with E-state index in [0.29, 0.717) is 19.6 Å². The molecular weight excluding hydrogens is 370 g/mol. The van der Waals surface area contributed by atoms with Gasteiger partial charge in [0, 0.05) is 29.2 Å². The number of nitrogens with zero attached hydrogens (tertiary/aromatic N) is 2. The predicted octanol–water partition coefficient (Wildman–Crippen LogP) is 3.60. The number of thiophene rings is 1. The van der Waals surface area contributed by atoms with Gasteiger partial charge in [-0.25, -0.2) is 4.79 Å². The second-order valence-corrected chi connectivity index (χ2v) is 8.40. The molecule has 1 aromatic heterocycles. The van der Waals surface area contributed by atoms with E-state index >= 15 is 0 Å². The summed E-state index contributed by atoms with van der Waals surface area (Å²) in [5.74, 6) is 2.61. The van der Waals surface area contributed by atoms with Crippen LogP contribution in [0.1, 0.15) is 36.1 Å². The molecule has 4 rings (SSSR count). The average Bonchev–Trinajstić information content (AvgIpc) is 3.43. The van der Waals surface area contributed by atoms with Crippen LogP contribution in [0.4, 0.5) is 10.5 Å². The molecule has 1 aliphatic carbocycles. The van der Waals surface area contributed by atoms with Crippen LogP contribution in [-0.4, -0.2) is 35.5 Å². The molecule has 1 saturated heterocycles. The van der Waals surface area contributed by atoms with Crippen LogP contribution in [0.3, 0.4) is 0 Å². The van der Waals surface area contributed by atoms with E-state index in [0.717, 1.165) is 36.9 Å². The summed E-state index contributed by atoms with van der Waals surface area (Å²) in [6, 6.07) is 11.7. The second-order valence-electron chi connectivity index (χ2n) is 7.37. The minimum absolute atomic E-state index is 0.0663. The van der Waals surface area contributed by atoms with Gasteiger partial charge in [-0.2, -0.15) is 0 Å². The molecule has 0 unspecified atom stereocenters. The van der Waals surface area contributed by atoms with Gasteiger partial charge in [-0.3, -0.25) is 9.69 Å². The largest absolute Gasteiger partial charge is 0.365 e. The first-order valence-electron chi connectivity index (χ1n) is 9.59. The summed E-state index contributed by atoms with van der Waals surface area (Å²) in [6.45, 7) is 1.62. The molecule has 2 fully saturated rings. The van der Waals surface area contributed by atoms with Crippen molar-refractivity contribution in [3.8, 4) is 12.3 Å². The number of hydrogen-bond acceptors (Lipinski definition) is 4. The van der Waals surface area contributed by atoms with Crippen molar-refractivity contribution in [2.45, 2.75) is 37.8 Å². The highest BCUT2D eigenvalue weighted by molar-refractivity contribution is 7.09. The third-order valence-corrected chi connectivity index (χ3v) is 6.46. The summed E-state index contributed by atoms with van der Waals surface area (Å²) in [4.78, 5) is 30.1. The minimum Gasteiger partial charge on any atom is -0.365 e. The summed E-state index contributed by atoms with van der Waals surface area (Å²) in [5, 5.41) is 5.00. The predicted molar refractivity (Wildman–Crippen MR) is 111 cm³/mol. The van der Waals surface area contributed by atoms with Crippen LogP contribution >= 0.6 is 11.3 Å². The van der Waals surface area contributed by atoms with E-state index in [1.807, 2.05) is 35.7 Å². The maximum Gasteiger partial charge on any atom is 0.325 e. The Morgan fingerprint density at radius 2 is 2.04 bits per heavy atom. The Hall–Kier alpha value is -2.78. The molecule has 2 aromatic rings. The Morgan fingerprint density at radius 3 is 2.75 bits per heavy atom. The van der Waals surface area contributed by atoms with E-state index in [4.69, 9.17) is 6.42 Å². The zero-order valence-electron chi connectivity index (χ0n) is 15.7. The molecular formula is C22H23N3O2S. The monoisotopic (exact) mass is 393 g/mol. The maximum atomic E-state index is 12.9. The number of carbonyl (C=O) groups excluding carboxylic acids is 2. The number of rotatable bonds is 6. The van der Waals surface area contributed by atoms with Crippen molar-refractivity contribution >= 4 is 29.0 Å². The first-order chi connectivity index (χ1) is 13.6. The summed E-state index contributed by atoms with van der Waals surface area (Å²) >= 11 is 1.69. The number of benzene rings is 1. The lowest BCUT2D eigenvalue weighted by molar-refractivity contribution is -0.131. The third kappa shape index (κ3) is 3.50. The van der Waals surface area contributed by atoms with Crippen molar-refractivity contribution in [3.05, 3.63) is 52.2 Å². The smallest absolute Gasteiger partial charge is 0.325 e. The van der Waals surface area contributed by atoms with Gasteiger partial charge in [-0.15, -0.1) is 17.8 Å². The molecule has 1 saturated carbocycles. The SMILES string of the molecule is C#Cc1cccc(N(CCN2C(=O)NC3(CCCC3)C2=O)Cc2cccs2)c1. The molecule has 5 nitrogen and oxygen atoms in total. The van der Waals surface area contributed by atoms with Gasteiger partial charge in [0.05, 0.1) is 6.54 Å². The molecule has 3 amide bonds. The molecule has 6 heteroatoms. The fraction of sp³-hybridized carbons (Fsp3) is 0.364. The van der Waals surface area contributed by atoms with Gasteiger partial charge in [0.25, 0.3) is 5.91 Å². The number of carbonyl (C=O) groups is 2. The molecule has 0 atom stereocenters. The van der Waals surface area contributed by atoms with Gasteiger partial charge in [-0.1, -0.05) is 30.9 Å². The fourth-order valence-corrected chi connectivity index (χ4v) is 4.82. The van der Waals surface area contributed by atoms with Crippen LogP contribution in [0.25, 0.3) is 0 Å². The van der Waals surface area contributed by atoms with Crippen molar-refractivity contribution in [3.63, 3.8) is 0 Å². The van der Waals surface area contributed by atoms with E-state index in [1.165, 1.54) is 9.78 Å². The molecule has 0 radical (unpaired) electrons. The normalized spacial score (nSPS) is 17.8. The maximum absolute atomic E-state index is 12.9. The van der Waals surface area contributed by atoms with E-state index in [2.05, 4.69) is 22.2 Å².